The molecule has 4 aliphatic heterocycles. The summed E-state index contributed by atoms with van der Waals surface area (Å²) >= 11 is 6.14. The number of benzene rings is 1. The number of hydrogen-bond acceptors (Lipinski definition) is 6. The molecule has 0 bridgehead atoms. The standard InChI is InChI=1S/C22H29ClN4O3/c1-2-30-20(28)19-17(11-24-25-19)18-10-15-13-26(12-14-5-3-6-16(23)9-14)21(29)22(15)7-4-8-27(18)22/h3,5-6,9,15,17-19,24-25H,2,4,7-8,10-13H2,1H3/t15-,17?,18-,19?,22-/m0/s1. The van der Waals surface area contributed by atoms with Gasteiger partial charge in [0.15, 0.2) is 0 Å². The summed E-state index contributed by atoms with van der Waals surface area (Å²) in [7, 11) is 0. The highest BCUT2D eigenvalue weighted by Crippen LogP contribution is 2.53. The zero-order valence-electron chi connectivity index (χ0n) is 17.3. The van der Waals surface area contributed by atoms with Gasteiger partial charge in [-0.3, -0.25) is 19.9 Å². The average molecular weight is 433 g/mol. The van der Waals surface area contributed by atoms with Crippen molar-refractivity contribution in [1.82, 2.24) is 20.7 Å². The number of rotatable bonds is 5. The van der Waals surface area contributed by atoms with Gasteiger partial charge in [0.2, 0.25) is 5.91 Å². The number of amides is 1. The molecule has 8 heteroatoms. The lowest BCUT2D eigenvalue weighted by Crippen LogP contribution is -2.54. The highest BCUT2D eigenvalue weighted by atomic mass is 35.5. The lowest BCUT2D eigenvalue weighted by Gasteiger charge is -2.36. The van der Waals surface area contributed by atoms with Crippen LogP contribution < -0.4 is 10.9 Å². The number of carbonyl (C=O) groups excluding carboxylic acids is 2. The van der Waals surface area contributed by atoms with Crippen molar-refractivity contribution in [3.05, 3.63) is 34.9 Å². The molecule has 0 saturated carbocycles. The first-order chi connectivity index (χ1) is 14.5. The van der Waals surface area contributed by atoms with Crippen LogP contribution in [-0.4, -0.2) is 65.5 Å². The molecule has 1 amide bonds. The first kappa shape index (κ1) is 20.2. The van der Waals surface area contributed by atoms with Crippen LogP contribution in [0.1, 0.15) is 31.7 Å². The molecule has 1 spiro atoms. The Hall–Kier alpha value is -1.67. The van der Waals surface area contributed by atoms with E-state index in [0.29, 0.717) is 30.6 Å². The van der Waals surface area contributed by atoms with E-state index in [4.69, 9.17) is 16.3 Å². The molecule has 2 unspecified atom stereocenters. The molecule has 162 valence electrons. The molecular formula is C22H29ClN4O3. The van der Waals surface area contributed by atoms with Crippen molar-refractivity contribution in [2.75, 3.05) is 26.2 Å². The zero-order chi connectivity index (χ0) is 20.9. The highest BCUT2D eigenvalue weighted by molar-refractivity contribution is 6.30. The molecule has 1 aromatic carbocycles. The summed E-state index contributed by atoms with van der Waals surface area (Å²) in [6.07, 6.45) is 2.89. The van der Waals surface area contributed by atoms with Crippen molar-refractivity contribution < 1.29 is 14.3 Å². The third-order valence-electron chi connectivity index (χ3n) is 7.49. The van der Waals surface area contributed by atoms with Gasteiger partial charge >= 0.3 is 5.97 Å². The summed E-state index contributed by atoms with van der Waals surface area (Å²) in [6, 6.07) is 7.62. The van der Waals surface area contributed by atoms with E-state index in [9.17, 15) is 9.59 Å². The van der Waals surface area contributed by atoms with Crippen molar-refractivity contribution in [1.29, 1.82) is 0 Å². The maximum atomic E-state index is 13.7. The number of carbonyl (C=O) groups is 2. The number of hydrogen-bond donors (Lipinski definition) is 2. The second-order valence-electron chi connectivity index (χ2n) is 8.96. The smallest absolute Gasteiger partial charge is 0.324 e. The summed E-state index contributed by atoms with van der Waals surface area (Å²) in [6.45, 7) is 5.22. The first-order valence-corrected chi connectivity index (χ1v) is 11.4. The van der Waals surface area contributed by atoms with Crippen LogP contribution in [0.3, 0.4) is 0 Å². The van der Waals surface area contributed by atoms with E-state index in [1.54, 1.807) is 0 Å². The molecule has 5 atom stereocenters. The lowest BCUT2D eigenvalue weighted by molar-refractivity contribution is -0.147. The van der Waals surface area contributed by atoms with Crippen molar-refractivity contribution in [3.8, 4) is 0 Å². The van der Waals surface area contributed by atoms with Gasteiger partial charge < -0.3 is 9.64 Å². The first-order valence-electron chi connectivity index (χ1n) is 11.0. The van der Waals surface area contributed by atoms with Crippen molar-refractivity contribution in [3.63, 3.8) is 0 Å². The normalized spacial score (nSPS) is 35.7. The van der Waals surface area contributed by atoms with Crippen molar-refractivity contribution in [2.24, 2.45) is 11.8 Å². The van der Waals surface area contributed by atoms with Crippen LogP contribution >= 0.6 is 11.6 Å². The van der Waals surface area contributed by atoms with E-state index in [1.165, 1.54) is 0 Å². The van der Waals surface area contributed by atoms with Crippen molar-refractivity contribution >= 4 is 23.5 Å². The maximum Gasteiger partial charge on any atom is 0.324 e. The van der Waals surface area contributed by atoms with Gasteiger partial charge in [0.25, 0.3) is 0 Å². The molecule has 4 heterocycles. The fraction of sp³-hybridized carbons (Fsp3) is 0.636. The fourth-order valence-electron chi connectivity index (χ4n) is 6.36. The van der Waals surface area contributed by atoms with E-state index < -0.39 is 5.54 Å². The summed E-state index contributed by atoms with van der Waals surface area (Å²) in [4.78, 5) is 30.6. The molecule has 1 aromatic rings. The Bertz CT molecular complexity index is 851. The van der Waals surface area contributed by atoms with Gasteiger partial charge in [-0.15, -0.1) is 0 Å². The van der Waals surface area contributed by atoms with Gasteiger partial charge in [0, 0.05) is 42.5 Å². The fourth-order valence-corrected chi connectivity index (χ4v) is 6.58. The van der Waals surface area contributed by atoms with Crippen LogP contribution in [0.2, 0.25) is 5.02 Å². The summed E-state index contributed by atoms with van der Waals surface area (Å²) in [5.74, 6) is 0.463. The Morgan fingerprint density at radius 2 is 2.27 bits per heavy atom. The Morgan fingerprint density at radius 1 is 1.40 bits per heavy atom. The minimum atomic E-state index is -0.398. The molecule has 0 radical (unpaired) electrons. The largest absolute Gasteiger partial charge is 0.465 e. The number of ether oxygens (including phenoxy) is 1. The maximum absolute atomic E-state index is 13.7. The third-order valence-corrected chi connectivity index (χ3v) is 7.73. The second-order valence-corrected chi connectivity index (χ2v) is 9.39. The molecule has 4 saturated heterocycles. The SMILES string of the molecule is CCOC(=O)C1NNCC1[C@@H]1C[C@H]2CN(Cc3cccc(Cl)c3)C(=O)[C@]23CCCN13. The van der Waals surface area contributed by atoms with Crippen LogP contribution in [0.5, 0.6) is 0 Å². The molecule has 0 aromatic heterocycles. The highest BCUT2D eigenvalue weighted by Gasteiger charge is 2.66. The average Bonchev–Trinajstić information content (AvgIpc) is 3.46. The van der Waals surface area contributed by atoms with E-state index in [-0.39, 0.29) is 29.9 Å². The summed E-state index contributed by atoms with van der Waals surface area (Å²) in [5.41, 5.74) is 6.94. The molecule has 30 heavy (non-hydrogen) atoms. The Balaban J connectivity index is 1.36. The molecule has 0 aliphatic carbocycles. The predicted octanol–water partition coefficient (Wildman–Crippen LogP) is 1.56. The van der Waals surface area contributed by atoms with Crippen LogP contribution in [0.15, 0.2) is 24.3 Å². The summed E-state index contributed by atoms with van der Waals surface area (Å²) in [5, 5.41) is 0.700. The zero-order valence-corrected chi connectivity index (χ0v) is 18.0. The van der Waals surface area contributed by atoms with Gasteiger partial charge in [-0.2, -0.15) is 0 Å². The molecule has 7 nitrogen and oxygen atoms in total. The quantitative estimate of drug-likeness (QED) is 0.688. The minimum Gasteiger partial charge on any atom is -0.465 e. The number of halogens is 1. The van der Waals surface area contributed by atoms with Crippen LogP contribution in [0.4, 0.5) is 0 Å². The van der Waals surface area contributed by atoms with Crippen LogP contribution in [-0.2, 0) is 20.9 Å². The van der Waals surface area contributed by atoms with Crippen LogP contribution in [0, 0.1) is 11.8 Å². The Kier molecular flexibility index (Phi) is 5.25. The lowest BCUT2D eigenvalue weighted by atomic mass is 9.84. The van der Waals surface area contributed by atoms with E-state index in [1.807, 2.05) is 36.1 Å². The molecule has 4 fully saturated rings. The van der Waals surface area contributed by atoms with Gasteiger partial charge in [-0.1, -0.05) is 23.7 Å². The predicted molar refractivity (Wildman–Crippen MR) is 112 cm³/mol. The number of esters is 1. The second kappa shape index (κ2) is 7.79. The Labute approximate surface area is 182 Å². The topological polar surface area (TPSA) is 73.9 Å². The van der Waals surface area contributed by atoms with Gasteiger partial charge in [-0.25, -0.2) is 5.43 Å². The number of likely N-dealkylation sites (tertiary alicyclic amines) is 1. The molecule has 2 N–H and O–H groups in total. The van der Waals surface area contributed by atoms with Gasteiger partial charge in [0.1, 0.15) is 11.6 Å². The van der Waals surface area contributed by atoms with Crippen LogP contribution in [0.25, 0.3) is 0 Å². The number of nitrogens with one attached hydrogen (secondary N) is 2. The van der Waals surface area contributed by atoms with Gasteiger partial charge in [0.05, 0.1) is 6.61 Å². The van der Waals surface area contributed by atoms with Gasteiger partial charge in [-0.05, 0) is 50.4 Å². The Morgan fingerprint density at radius 3 is 3.07 bits per heavy atom. The molecule has 4 aliphatic rings. The number of hydrazine groups is 1. The summed E-state index contributed by atoms with van der Waals surface area (Å²) < 4.78 is 5.29. The number of nitrogens with zero attached hydrogens (tertiary/aromatic N) is 2. The monoisotopic (exact) mass is 432 g/mol. The minimum absolute atomic E-state index is 0.110. The van der Waals surface area contributed by atoms with E-state index in [2.05, 4.69) is 15.8 Å². The van der Waals surface area contributed by atoms with E-state index in [0.717, 1.165) is 37.9 Å². The van der Waals surface area contributed by atoms with Crippen molar-refractivity contribution in [2.45, 2.75) is 50.4 Å². The third kappa shape index (κ3) is 3.06. The van der Waals surface area contributed by atoms with E-state index >= 15 is 0 Å². The molecule has 5 rings (SSSR count). The molecular weight excluding hydrogens is 404 g/mol.